The lowest BCUT2D eigenvalue weighted by atomic mass is 10.2. The number of halogens is 1. The molecule has 1 fully saturated rings. The van der Waals surface area contributed by atoms with Crippen molar-refractivity contribution in [2.75, 3.05) is 19.4 Å². The summed E-state index contributed by atoms with van der Waals surface area (Å²) in [7, 11) is 3.21. The largest absolute Gasteiger partial charge is 0.325 e. The van der Waals surface area contributed by atoms with Gasteiger partial charge in [-0.25, -0.2) is 4.39 Å². The Hall–Kier alpha value is -1.89. The number of amidine groups is 1. The summed E-state index contributed by atoms with van der Waals surface area (Å²) in [4.78, 5) is 29.3. The van der Waals surface area contributed by atoms with Crippen LogP contribution in [0.2, 0.25) is 0 Å². The van der Waals surface area contributed by atoms with E-state index in [0.29, 0.717) is 10.9 Å². The lowest BCUT2D eigenvalue weighted by molar-refractivity contribution is -0.128. The molecule has 1 saturated heterocycles. The summed E-state index contributed by atoms with van der Waals surface area (Å²) in [6, 6.07) is 5.48. The maximum Gasteiger partial charge on any atom is 0.238 e. The molecule has 1 aromatic rings. The second-order valence-corrected chi connectivity index (χ2v) is 5.44. The van der Waals surface area contributed by atoms with Gasteiger partial charge in [0.25, 0.3) is 0 Å². The molecule has 0 radical (unpaired) electrons. The van der Waals surface area contributed by atoms with E-state index >= 15 is 0 Å². The number of hydrogen-bond acceptors (Lipinski definition) is 4. The molecule has 0 bridgehead atoms. The molecular formula is C13H14FN3O2S. The fraction of sp³-hybridized carbons (Fsp3) is 0.308. The van der Waals surface area contributed by atoms with Crippen molar-refractivity contribution in [2.45, 2.75) is 11.7 Å². The van der Waals surface area contributed by atoms with Crippen LogP contribution < -0.4 is 5.32 Å². The summed E-state index contributed by atoms with van der Waals surface area (Å²) >= 11 is 1.24. The van der Waals surface area contributed by atoms with Crippen LogP contribution in [0.5, 0.6) is 0 Å². The van der Waals surface area contributed by atoms with Crippen molar-refractivity contribution in [3.8, 4) is 0 Å². The van der Waals surface area contributed by atoms with E-state index in [-0.39, 0.29) is 24.1 Å². The zero-order valence-electron chi connectivity index (χ0n) is 11.1. The number of carbonyl (C=O) groups excluding carboxylic acids is 2. The molecule has 7 heteroatoms. The molecule has 0 saturated carbocycles. The van der Waals surface area contributed by atoms with Crippen LogP contribution >= 0.6 is 11.8 Å². The minimum atomic E-state index is -0.526. The quantitative estimate of drug-likeness (QED) is 0.903. The van der Waals surface area contributed by atoms with Crippen molar-refractivity contribution in [1.29, 1.82) is 0 Å². The monoisotopic (exact) mass is 295 g/mol. The fourth-order valence-electron chi connectivity index (χ4n) is 1.76. The third-order valence-corrected chi connectivity index (χ3v) is 4.20. The highest BCUT2D eigenvalue weighted by Gasteiger charge is 2.33. The predicted molar refractivity (Wildman–Crippen MR) is 77.2 cm³/mol. The van der Waals surface area contributed by atoms with Crippen LogP contribution in [0.4, 0.5) is 10.1 Å². The van der Waals surface area contributed by atoms with E-state index in [4.69, 9.17) is 0 Å². The standard InChI is InChI=1S/C13H14FN3O2S/c1-15-13-17(2)11(18)7-10(20-13)12(19)16-9-5-3-8(14)4-6-9/h3-6,10H,7H2,1-2H3,(H,16,19)/t10-/m0/s1. The maximum absolute atomic E-state index is 12.8. The van der Waals surface area contributed by atoms with Gasteiger partial charge in [0.2, 0.25) is 11.8 Å². The number of rotatable bonds is 2. The second-order valence-electron chi connectivity index (χ2n) is 4.27. The Morgan fingerprint density at radius 2 is 2.10 bits per heavy atom. The SMILES string of the molecule is CN=C1S[C@H](C(=O)Nc2ccc(F)cc2)CC(=O)N1C. The topological polar surface area (TPSA) is 61.8 Å². The van der Waals surface area contributed by atoms with Gasteiger partial charge in [0.15, 0.2) is 5.17 Å². The number of anilines is 1. The van der Waals surface area contributed by atoms with E-state index in [1.165, 1.54) is 40.9 Å². The summed E-state index contributed by atoms with van der Waals surface area (Å²) in [5.41, 5.74) is 0.498. The Bertz CT molecular complexity index is 559. The molecular weight excluding hydrogens is 281 g/mol. The summed E-state index contributed by atoms with van der Waals surface area (Å²) in [6.45, 7) is 0. The molecule has 1 aromatic carbocycles. The van der Waals surface area contributed by atoms with Gasteiger partial charge in [-0.3, -0.25) is 19.5 Å². The van der Waals surface area contributed by atoms with E-state index in [2.05, 4.69) is 10.3 Å². The molecule has 106 valence electrons. The van der Waals surface area contributed by atoms with Crippen LogP contribution in [0.25, 0.3) is 0 Å². The first-order valence-electron chi connectivity index (χ1n) is 5.97. The molecule has 5 nitrogen and oxygen atoms in total. The summed E-state index contributed by atoms with van der Waals surface area (Å²) in [5, 5.41) is 2.66. The van der Waals surface area contributed by atoms with Crippen LogP contribution in [-0.2, 0) is 9.59 Å². The average Bonchev–Trinajstić information content (AvgIpc) is 2.44. The Morgan fingerprint density at radius 1 is 1.45 bits per heavy atom. The third kappa shape index (κ3) is 3.16. The highest BCUT2D eigenvalue weighted by molar-refractivity contribution is 8.15. The normalized spacial score (nSPS) is 21.1. The van der Waals surface area contributed by atoms with E-state index in [1.54, 1.807) is 14.1 Å². The molecule has 1 aliphatic rings. The zero-order valence-corrected chi connectivity index (χ0v) is 11.9. The molecule has 2 rings (SSSR count). The number of carbonyl (C=O) groups is 2. The van der Waals surface area contributed by atoms with E-state index < -0.39 is 5.25 Å². The molecule has 0 spiro atoms. The number of aliphatic imine (C=N–C) groups is 1. The molecule has 20 heavy (non-hydrogen) atoms. The van der Waals surface area contributed by atoms with Crippen LogP contribution in [0.15, 0.2) is 29.3 Å². The first-order valence-corrected chi connectivity index (χ1v) is 6.85. The first-order chi connectivity index (χ1) is 9.51. The van der Waals surface area contributed by atoms with Crippen molar-refractivity contribution in [3.63, 3.8) is 0 Å². The van der Waals surface area contributed by atoms with Gasteiger partial charge in [0.1, 0.15) is 11.1 Å². The van der Waals surface area contributed by atoms with Crippen LogP contribution in [-0.4, -0.2) is 41.2 Å². The molecule has 1 N–H and O–H groups in total. The maximum atomic E-state index is 12.8. The number of hydrogen-bond donors (Lipinski definition) is 1. The number of nitrogens with one attached hydrogen (secondary N) is 1. The first kappa shape index (κ1) is 14.5. The lowest BCUT2D eigenvalue weighted by Gasteiger charge is -2.28. The van der Waals surface area contributed by atoms with Gasteiger partial charge in [0, 0.05) is 26.2 Å². The molecule has 0 unspecified atom stereocenters. The summed E-state index contributed by atoms with van der Waals surface area (Å²) < 4.78 is 12.8. The number of benzene rings is 1. The average molecular weight is 295 g/mol. The van der Waals surface area contributed by atoms with Crippen LogP contribution in [0.3, 0.4) is 0 Å². The van der Waals surface area contributed by atoms with Gasteiger partial charge in [-0.1, -0.05) is 11.8 Å². The molecule has 1 aliphatic heterocycles. The highest BCUT2D eigenvalue weighted by atomic mass is 32.2. The Morgan fingerprint density at radius 3 is 2.70 bits per heavy atom. The van der Waals surface area contributed by atoms with Crippen molar-refractivity contribution in [2.24, 2.45) is 4.99 Å². The number of amides is 2. The van der Waals surface area contributed by atoms with Gasteiger partial charge in [-0.15, -0.1) is 0 Å². The third-order valence-electron chi connectivity index (χ3n) is 2.86. The molecule has 1 atom stereocenters. The zero-order chi connectivity index (χ0) is 14.7. The number of nitrogens with zero attached hydrogens (tertiary/aromatic N) is 2. The number of thioether (sulfide) groups is 1. The van der Waals surface area contributed by atoms with Crippen molar-refractivity contribution in [1.82, 2.24) is 4.90 Å². The minimum absolute atomic E-state index is 0.118. The fourth-order valence-corrected chi connectivity index (χ4v) is 2.77. The van der Waals surface area contributed by atoms with E-state index in [9.17, 15) is 14.0 Å². The van der Waals surface area contributed by atoms with E-state index in [1.807, 2.05) is 0 Å². The highest BCUT2D eigenvalue weighted by Crippen LogP contribution is 2.26. The van der Waals surface area contributed by atoms with Gasteiger partial charge in [0.05, 0.1) is 0 Å². The smallest absolute Gasteiger partial charge is 0.238 e. The van der Waals surface area contributed by atoms with Crippen molar-refractivity contribution < 1.29 is 14.0 Å². The Labute approximate surface area is 120 Å². The van der Waals surface area contributed by atoms with Crippen molar-refractivity contribution in [3.05, 3.63) is 30.1 Å². The van der Waals surface area contributed by atoms with Gasteiger partial charge in [-0.2, -0.15) is 0 Å². The summed E-state index contributed by atoms with van der Waals surface area (Å²) in [5.74, 6) is -0.806. The molecule has 0 aromatic heterocycles. The molecule has 2 amide bonds. The van der Waals surface area contributed by atoms with Crippen molar-refractivity contribution >= 4 is 34.4 Å². The van der Waals surface area contributed by atoms with Gasteiger partial charge >= 0.3 is 0 Å². The summed E-state index contributed by atoms with van der Waals surface area (Å²) in [6.07, 6.45) is 0.118. The van der Waals surface area contributed by atoms with Crippen LogP contribution in [0, 0.1) is 5.82 Å². The van der Waals surface area contributed by atoms with Gasteiger partial charge in [-0.05, 0) is 24.3 Å². The molecule has 1 heterocycles. The molecule has 0 aliphatic carbocycles. The van der Waals surface area contributed by atoms with Gasteiger partial charge < -0.3 is 5.32 Å². The minimum Gasteiger partial charge on any atom is -0.325 e. The lowest BCUT2D eigenvalue weighted by Crippen LogP contribution is -2.43. The second kappa shape index (κ2) is 6.04. The Kier molecular flexibility index (Phi) is 4.39. The van der Waals surface area contributed by atoms with E-state index in [0.717, 1.165) is 0 Å². The predicted octanol–water partition coefficient (Wildman–Crippen LogP) is 1.71. The van der Waals surface area contributed by atoms with Crippen LogP contribution in [0.1, 0.15) is 6.42 Å². The Balaban J connectivity index is 2.06.